The van der Waals surface area contributed by atoms with Crippen LogP contribution in [0.5, 0.6) is 11.5 Å². The second-order valence-electron chi connectivity index (χ2n) is 5.62. The normalized spacial score (nSPS) is 17.6. The number of aliphatic hydroxyl groups is 1. The number of hydrogen-bond donors (Lipinski definition) is 2. The summed E-state index contributed by atoms with van der Waals surface area (Å²) in [7, 11) is 1.64. The van der Waals surface area contributed by atoms with E-state index in [1.165, 1.54) is 12.8 Å². The van der Waals surface area contributed by atoms with Crippen LogP contribution in [0.2, 0.25) is 0 Å². The number of nitrogens with one attached hydrogen (secondary N) is 1. The SMILES string of the molecule is CCOc1cc(CNC(C)(CO)C2CC2)ccc1OC. The van der Waals surface area contributed by atoms with Crippen molar-refractivity contribution >= 4 is 0 Å². The zero-order chi connectivity index (χ0) is 14.6. The Labute approximate surface area is 121 Å². The Kier molecular flexibility index (Phi) is 4.89. The van der Waals surface area contributed by atoms with Crippen molar-refractivity contribution in [3.63, 3.8) is 0 Å². The molecule has 0 spiro atoms. The Morgan fingerprint density at radius 3 is 2.65 bits per heavy atom. The zero-order valence-electron chi connectivity index (χ0n) is 12.6. The van der Waals surface area contributed by atoms with Crippen molar-refractivity contribution in [2.75, 3.05) is 20.3 Å². The van der Waals surface area contributed by atoms with Crippen LogP contribution in [0.25, 0.3) is 0 Å². The summed E-state index contributed by atoms with van der Waals surface area (Å²) in [6.45, 7) is 5.56. The van der Waals surface area contributed by atoms with Gasteiger partial charge >= 0.3 is 0 Å². The first kappa shape index (κ1) is 15.1. The molecule has 20 heavy (non-hydrogen) atoms. The molecule has 0 heterocycles. The summed E-state index contributed by atoms with van der Waals surface area (Å²) in [5.74, 6) is 2.12. The minimum absolute atomic E-state index is 0.173. The Morgan fingerprint density at radius 1 is 1.35 bits per heavy atom. The fourth-order valence-corrected chi connectivity index (χ4v) is 2.45. The Bertz CT molecular complexity index is 445. The average molecular weight is 279 g/mol. The first-order valence-corrected chi connectivity index (χ1v) is 7.28. The molecule has 1 saturated carbocycles. The van der Waals surface area contributed by atoms with Gasteiger partial charge in [-0.05, 0) is 50.3 Å². The molecule has 2 rings (SSSR count). The summed E-state index contributed by atoms with van der Waals surface area (Å²) < 4.78 is 10.9. The fourth-order valence-electron chi connectivity index (χ4n) is 2.45. The van der Waals surface area contributed by atoms with Crippen molar-refractivity contribution in [2.45, 2.75) is 38.8 Å². The monoisotopic (exact) mass is 279 g/mol. The van der Waals surface area contributed by atoms with Crippen LogP contribution in [-0.4, -0.2) is 31.0 Å². The highest BCUT2D eigenvalue weighted by molar-refractivity contribution is 5.43. The molecule has 2 N–H and O–H groups in total. The van der Waals surface area contributed by atoms with Crippen molar-refractivity contribution in [1.29, 1.82) is 0 Å². The lowest BCUT2D eigenvalue weighted by Gasteiger charge is -2.29. The largest absolute Gasteiger partial charge is 0.493 e. The molecule has 4 nitrogen and oxygen atoms in total. The van der Waals surface area contributed by atoms with Gasteiger partial charge in [0.15, 0.2) is 11.5 Å². The van der Waals surface area contributed by atoms with Crippen molar-refractivity contribution in [2.24, 2.45) is 5.92 Å². The van der Waals surface area contributed by atoms with Gasteiger partial charge in [-0.3, -0.25) is 0 Å². The first-order chi connectivity index (χ1) is 9.62. The van der Waals surface area contributed by atoms with Gasteiger partial charge in [-0.15, -0.1) is 0 Å². The molecule has 0 bridgehead atoms. The van der Waals surface area contributed by atoms with E-state index in [-0.39, 0.29) is 12.1 Å². The second kappa shape index (κ2) is 6.46. The summed E-state index contributed by atoms with van der Waals surface area (Å²) in [6.07, 6.45) is 2.41. The molecule has 4 heteroatoms. The van der Waals surface area contributed by atoms with Crippen LogP contribution in [-0.2, 0) is 6.54 Å². The number of methoxy groups -OCH3 is 1. The molecule has 1 aliphatic carbocycles. The van der Waals surface area contributed by atoms with Gasteiger partial charge in [0.1, 0.15) is 0 Å². The number of rotatable bonds is 8. The van der Waals surface area contributed by atoms with Gasteiger partial charge in [0, 0.05) is 12.1 Å². The molecule has 1 aliphatic rings. The van der Waals surface area contributed by atoms with E-state index in [9.17, 15) is 5.11 Å². The van der Waals surface area contributed by atoms with E-state index in [1.54, 1.807) is 7.11 Å². The summed E-state index contributed by atoms with van der Waals surface area (Å²) in [4.78, 5) is 0. The standard InChI is InChI=1S/C16H25NO3/c1-4-20-15-9-12(5-8-14(15)19-3)10-17-16(2,11-18)13-6-7-13/h5,8-9,13,17-18H,4,6-7,10-11H2,1-3H3. The van der Waals surface area contributed by atoms with Crippen LogP contribution in [0, 0.1) is 5.92 Å². The highest BCUT2D eigenvalue weighted by Crippen LogP contribution is 2.39. The molecule has 0 saturated heterocycles. The van der Waals surface area contributed by atoms with E-state index in [1.807, 2.05) is 25.1 Å². The summed E-state index contributed by atoms with van der Waals surface area (Å²) in [5.41, 5.74) is 0.959. The van der Waals surface area contributed by atoms with E-state index < -0.39 is 0 Å². The summed E-state index contributed by atoms with van der Waals surface area (Å²) in [5, 5.41) is 13.1. The maximum Gasteiger partial charge on any atom is 0.161 e. The van der Waals surface area contributed by atoms with Gasteiger partial charge in [0.25, 0.3) is 0 Å². The van der Waals surface area contributed by atoms with E-state index in [0.717, 1.165) is 23.6 Å². The molecule has 0 amide bonds. The van der Waals surface area contributed by atoms with Crippen molar-refractivity contribution in [3.05, 3.63) is 23.8 Å². The van der Waals surface area contributed by atoms with Gasteiger partial charge in [0.2, 0.25) is 0 Å². The molecule has 0 aliphatic heterocycles. The van der Waals surface area contributed by atoms with Crippen LogP contribution < -0.4 is 14.8 Å². The number of hydrogen-bond acceptors (Lipinski definition) is 4. The molecule has 1 aromatic rings. The Balaban J connectivity index is 2.03. The lowest BCUT2D eigenvalue weighted by Crippen LogP contribution is -2.47. The third-order valence-electron chi connectivity index (χ3n) is 4.03. The zero-order valence-corrected chi connectivity index (χ0v) is 12.6. The van der Waals surface area contributed by atoms with Gasteiger partial charge in [-0.25, -0.2) is 0 Å². The highest BCUT2D eigenvalue weighted by atomic mass is 16.5. The Hall–Kier alpha value is -1.26. The minimum atomic E-state index is -0.175. The lowest BCUT2D eigenvalue weighted by atomic mass is 9.96. The Morgan fingerprint density at radius 2 is 2.10 bits per heavy atom. The van der Waals surface area contributed by atoms with Crippen molar-refractivity contribution in [3.8, 4) is 11.5 Å². The number of aliphatic hydroxyl groups excluding tert-OH is 1. The number of ether oxygens (including phenoxy) is 2. The van der Waals surface area contributed by atoms with Crippen LogP contribution in [0.15, 0.2) is 18.2 Å². The summed E-state index contributed by atoms with van der Waals surface area (Å²) >= 11 is 0. The van der Waals surface area contributed by atoms with Gasteiger partial charge in [-0.2, -0.15) is 0 Å². The predicted octanol–water partition coefficient (Wildman–Crippen LogP) is 2.34. The van der Waals surface area contributed by atoms with E-state index in [4.69, 9.17) is 9.47 Å². The van der Waals surface area contributed by atoms with Gasteiger partial charge in [-0.1, -0.05) is 6.07 Å². The van der Waals surface area contributed by atoms with E-state index in [2.05, 4.69) is 12.2 Å². The molecule has 1 aromatic carbocycles. The van der Waals surface area contributed by atoms with Crippen LogP contribution in [0.4, 0.5) is 0 Å². The molecule has 0 radical (unpaired) electrons. The first-order valence-electron chi connectivity index (χ1n) is 7.28. The molecular formula is C16H25NO3. The maximum absolute atomic E-state index is 9.59. The molecule has 1 unspecified atom stereocenters. The van der Waals surface area contributed by atoms with Crippen LogP contribution >= 0.6 is 0 Å². The van der Waals surface area contributed by atoms with Gasteiger partial charge in [0.05, 0.1) is 20.3 Å². The highest BCUT2D eigenvalue weighted by Gasteiger charge is 2.40. The lowest BCUT2D eigenvalue weighted by molar-refractivity contribution is 0.153. The van der Waals surface area contributed by atoms with Crippen molar-refractivity contribution in [1.82, 2.24) is 5.32 Å². The number of benzene rings is 1. The third-order valence-corrected chi connectivity index (χ3v) is 4.03. The minimum Gasteiger partial charge on any atom is -0.493 e. The van der Waals surface area contributed by atoms with Gasteiger partial charge < -0.3 is 19.9 Å². The third kappa shape index (κ3) is 3.44. The quantitative estimate of drug-likeness (QED) is 0.767. The molecule has 1 atom stereocenters. The van der Waals surface area contributed by atoms with E-state index in [0.29, 0.717) is 12.5 Å². The molecular weight excluding hydrogens is 254 g/mol. The van der Waals surface area contributed by atoms with Crippen LogP contribution in [0.3, 0.4) is 0 Å². The molecule has 1 fully saturated rings. The van der Waals surface area contributed by atoms with Crippen molar-refractivity contribution < 1.29 is 14.6 Å². The molecule has 0 aromatic heterocycles. The van der Waals surface area contributed by atoms with Crippen LogP contribution in [0.1, 0.15) is 32.3 Å². The maximum atomic E-state index is 9.59. The topological polar surface area (TPSA) is 50.7 Å². The predicted molar refractivity (Wildman–Crippen MR) is 79.2 cm³/mol. The second-order valence-corrected chi connectivity index (χ2v) is 5.62. The average Bonchev–Trinajstić information content (AvgIpc) is 3.30. The molecule has 112 valence electrons. The van der Waals surface area contributed by atoms with E-state index >= 15 is 0 Å². The summed E-state index contributed by atoms with van der Waals surface area (Å²) in [6, 6.07) is 5.95. The fraction of sp³-hybridized carbons (Fsp3) is 0.625. The smallest absolute Gasteiger partial charge is 0.161 e.